The van der Waals surface area contributed by atoms with Crippen molar-refractivity contribution in [1.29, 1.82) is 0 Å². The van der Waals surface area contributed by atoms with Crippen molar-refractivity contribution in [2.24, 2.45) is 5.10 Å². The van der Waals surface area contributed by atoms with Crippen molar-refractivity contribution in [3.63, 3.8) is 0 Å². The second kappa shape index (κ2) is 10.7. The maximum absolute atomic E-state index is 12.9. The van der Waals surface area contributed by atoms with Crippen LogP contribution in [0.1, 0.15) is 39.7 Å². The van der Waals surface area contributed by atoms with Crippen molar-refractivity contribution < 1.29 is 28.3 Å². The summed E-state index contributed by atoms with van der Waals surface area (Å²) in [5.41, 5.74) is 2.98. The number of ether oxygens (including phenoxy) is 2. The lowest BCUT2D eigenvalue weighted by Crippen LogP contribution is -2.34. The van der Waals surface area contributed by atoms with E-state index < -0.39 is 30.4 Å². The first-order valence-electron chi connectivity index (χ1n) is 11.0. The summed E-state index contributed by atoms with van der Waals surface area (Å²) in [7, 11) is 1.59. The Balaban J connectivity index is 1.37. The van der Waals surface area contributed by atoms with E-state index in [0.717, 1.165) is 11.1 Å². The van der Waals surface area contributed by atoms with Gasteiger partial charge in [0.05, 0.1) is 19.1 Å². The highest BCUT2D eigenvalue weighted by molar-refractivity contribution is 6.03. The maximum atomic E-state index is 12.9. The Labute approximate surface area is 202 Å². The summed E-state index contributed by atoms with van der Waals surface area (Å²) >= 11 is 0. The van der Waals surface area contributed by atoms with Gasteiger partial charge in [0.1, 0.15) is 24.1 Å². The van der Waals surface area contributed by atoms with E-state index in [4.69, 9.17) is 13.9 Å². The Morgan fingerprint density at radius 2 is 1.83 bits per heavy atom. The molecule has 1 aromatic heterocycles. The summed E-state index contributed by atoms with van der Waals surface area (Å²) in [5, 5.41) is 8.25. The van der Waals surface area contributed by atoms with Crippen LogP contribution in [0.3, 0.4) is 0 Å². The molecule has 35 heavy (non-hydrogen) atoms. The molecule has 0 radical (unpaired) electrons. The van der Waals surface area contributed by atoms with E-state index in [1.54, 1.807) is 43.5 Å². The number of hydrogen-bond acceptors (Lipinski definition) is 7. The smallest absolute Gasteiger partial charge is 0.325 e. The molecule has 0 spiro atoms. The van der Waals surface area contributed by atoms with Crippen LogP contribution >= 0.6 is 0 Å². The molecule has 1 aliphatic rings. The number of nitrogens with one attached hydrogen (secondary N) is 1. The first kappa shape index (κ1) is 23.7. The molecule has 1 unspecified atom stereocenters. The predicted molar refractivity (Wildman–Crippen MR) is 127 cm³/mol. The Bertz CT molecular complexity index is 1220. The fraction of sp³-hybridized carbons (Fsp3) is 0.231. The summed E-state index contributed by atoms with van der Waals surface area (Å²) in [6.07, 6.45) is 1.96. The van der Waals surface area contributed by atoms with Crippen molar-refractivity contribution in [2.75, 3.05) is 20.3 Å². The molecule has 9 nitrogen and oxygen atoms in total. The fourth-order valence-corrected chi connectivity index (χ4v) is 3.62. The number of aryl methyl sites for hydroxylation is 1. The van der Waals surface area contributed by atoms with Gasteiger partial charge in [-0.3, -0.25) is 14.4 Å². The number of amides is 2. The summed E-state index contributed by atoms with van der Waals surface area (Å²) in [4.78, 5) is 37.2. The minimum atomic E-state index is -0.730. The molecule has 1 N–H and O–H groups in total. The molecule has 0 bridgehead atoms. The third kappa shape index (κ3) is 5.75. The lowest BCUT2D eigenvalue weighted by atomic mass is 10.0. The summed E-state index contributed by atoms with van der Waals surface area (Å²) in [6, 6.07) is 17.3. The molecule has 1 atom stereocenters. The summed E-state index contributed by atoms with van der Waals surface area (Å²) in [5.74, 6) is -0.356. The van der Waals surface area contributed by atoms with Crippen LogP contribution in [0.4, 0.5) is 0 Å². The number of furan rings is 1. The third-order valence-electron chi connectivity index (χ3n) is 5.52. The minimum Gasteiger partial charge on any atom is -0.497 e. The second-order valence-corrected chi connectivity index (χ2v) is 7.96. The van der Waals surface area contributed by atoms with Crippen molar-refractivity contribution in [3.05, 3.63) is 89.4 Å². The van der Waals surface area contributed by atoms with Gasteiger partial charge in [-0.05, 0) is 61.0 Å². The van der Waals surface area contributed by atoms with Crippen molar-refractivity contribution in [2.45, 2.75) is 19.4 Å². The topological polar surface area (TPSA) is 110 Å². The standard InChI is InChI=1S/C26H25N3O6/c1-17-5-7-19(8-6-17)26(32)27-15-25(31)35-16-24(30)29-22(23-4-3-13-34-23)14-21(28-29)18-9-11-20(33-2)12-10-18/h3-13,22H,14-16H2,1-2H3,(H,27,32). The molecule has 2 amide bonds. The second-order valence-electron chi connectivity index (χ2n) is 7.96. The molecule has 1 aliphatic heterocycles. The van der Waals surface area contributed by atoms with Crippen LogP contribution in [0.25, 0.3) is 0 Å². The third-order valence-corrected chi connectivity index (χ3v) is 5.52. The van der Waals surface area contributed by atoms with Gasteiger partial charge < -0.3 is 19.2 Å². The highest BCUT2D eigenvalue weighted by atomic mass is 16.5. The number of benzene rings is 2. The zero-order chi connectivity index (χ0) is 24.8. The van der Waals surface area contributed by atoms with Gasteiger partial charge in [0.2, 0.25) is 0 Å². The Morgan fingerprint density at radius 1 is 1.09 bits per heavy atom. The van der Waals surface area contributed by atoms with E-state index in [1.165, 1.54) is 11.3 Å². The first-order valence-corrected chi connectivity index (χ1v) is 11.0. The highest BCUT2D eigenvalue weighted by Crippen LogP contribution is 2.33. The van der Waals surface area contributed by atoms with E-state index in [9.17, 15) is 14.4 Å². The molecular weight excluding hydrogens is 450 g/mol. The van der Waals surface area contributed by atoms with Gasteiger partial charge in [-0.1, -0.05) is 17.7 Å². The molecule has 4 rings (SSSR count). The predicted octanol–water partition coefficient (Wildman–Crippen LogP) is 3.25. The summed E-state index contributed by atoms with van der Waals surface area (Å²) < 4.78 is 15.8. The maximum Gasteiger partial charge on any atom is 0.325 e. The molecule has 0 saturated carbocycles. The van der Waals surface area contributed by atoms with Crippen LogP contribution in [0, 0.1) is 6.92 Å². The zero-order valence-corrected chi connectivity index (χ0v) is 19.4. The summed E-state index contributed by atoms with van der Waals surface area (Å²) in [6.45, 7) is 1.04. The van der Waals surface area contributed by atoms with Crippen molar-refractivity contribution in [1.82, 2.24) is 10.3 Å². The Morgan fingerprint density at radius 3 is 2.49 bits per heavy atom. The van der Waals surface area contributed by atoms with Crippen LogP contribution in [-0.2, 0) is 14.3 Å². The van der Waals surface area contributed by atoms with Gasteiger partial charge in [0.15, 0.2) is 6.61 Å². The largest absolute Gasteiger partial charge is 0.497 e. The van der Waals surface area contributed by atoms with Gasteiger partial charge in [-0.2, -0.15) is 5.10 Å². The number of methoxy groups -OCH3 is 1. The number of hydrazone groups is 1. The SMILES string of the molecule is COc1ccc(C2=NN(C(=O)COC(=O)CNC(=O)c3ccc(C)cc3)C(c3ccco3)C2)cc1. The number of esters is 1. The zero-order valence-electron chi connectivity index (χ0n) is 19.4. The highest BCUT2D eigenvalue weighted by Gasteiger charge is 2.35. The van der Waals surface area contributed by atoms with Gasteiger partial charge in [0, 0.05) is 12.0 Å². The molecule has 3 aromatic rings. The van der Waals surface area contributed by atoms with Gasteiger partial charge in [0.25, 0.3) is 11.8 Å². The van der Waals surface area contributed by atoms with Crippen LogP contribution in [-0.4, -0.2) is 48.8 Å². The molecule has 180 valence electrons. The lowest BCUT2D eigenvalue weighted by molar-refractivity contribution is -0.152. The number of carbonyl (C=O) groups is 3. The normalized spacial score (nSPS) is 14.9. The molecule has 2 heterocycles. The molecular formula is C26H25N3O6. The minimum absolute atomic E-state index is 0.359. The monoisotopic (exact) mass is 475 g/mol. The van der Waals surface area contributed by atoms with Gasteiger partial charge in [-0.25, -0.2) is 5.01 Å². The van der Waals surface area contributed by atoms with E-state index in [0.29, 0.717) is 29.2 Å². The van der Waals surface area contributed by atoms with E-state index in [-0.39, 0.29) is 6.54 Å². The van der Waals surface area contributed by atoms with Crippen LogP contribution in [0.2, 0.25) is 0 Å². The van der Waals surface area contributed by atoms with Crippen LogP contribution in [0.5, 0.6) is 5.75 Å². The van der Waals surface area contributed by atoms with Gasteiger partial charge in [-0.15, -0.1) is 0 Å². The Hall–Kier alpha value is -4.40. The van der Waals surface area contributed by atoms with Crippen molar-refractivity contribution >= 4 is 23.5 Å². The number of rotatable bonds is 8. The number of nitrogens with zero attached hydrogens (tertiary/aromatic N) is 2. The number of hydrogen-bond donors (Lipinski definition) is 1. The molecule has 2 aromatic carbocycles. The van der Waals surface area contributed by atoms with E-state index in [2.05, 4.69) is 10.4 Å². The number of carbonyl (C=O) groups excluding carboxylic acids is 3. The van der Waals surface area contributed by atoms with Crippen molar-refractivity contribution in [3.8, 4) is 5.75 Å². The first-order chi connectivity index (χ1) is 16.9. The average molecular weight is 476 g/mol. The average Bonchev–Trinajstić information content (AvgIpc) is 3.56. The van der Waals surface area contributed by atoms with Gasteiger partial charge >= 0.3 is 5.97 Å². The fourth-order valence-electron chi connectivity index (χ4n) is 3.62. The molecule has 0 saturated heterocycles. The molecule has 0 fully saturated rings. The Kier molecular flexibility index (Phi) is 7.25. The molecule has 9 heteroatoms. The van der Waals surface area contributed by atoms with Crippen LogP contribution < -0.4 is 10.1 Å². The van der Waals surface area contributed by atoms with E-state index in [1.807, 2.05) is 31.2 Å². The van der Waals surface area contributed by atoms with E-state index >= 15 is 0 Å². The molecule has 0 aliphatic carbocycles. The quantitative estimate of drug-likeness (QED) is 0.501. The van der Waals surface area contributed by atoms with Crippen LogP contribution in [0.15, 0.2) is 76.4 Å². The lowest BCUT2D eigenvalue weighted by Gasteiger charge is -2.19.